The molecule has 0 spiro atoms. The standard InChI is InChI=1S/C19H22N6O/c1-14-11-17(18-22-21-13-25(18)23-14)24-9-7-16(8-10-24)19(26)20-12-15-5-3-2-4-6-15/h2-6,11,13,16H,7-10,12H2,1H3,(H,20,26). The van der Waals surface area contributed by atoms with Crippen molar-refractivity contribution in [1.82, 2.24) is 25.1 Å². The van der Waals surface area contributed by atoms with E-state index in [9.17, 15) is 4.79 Å². The lowest BCUT2D eigenvalue weighted by atomic mass is 9.95. The average molecular weight is 350 g/mol. The predicted octanol–water partition coefficient (Wildman–Crippen LogP) is 1.97. The Morgan fingerprint density at radius 1 is 1.23 bits per heavy atom. The zero-order valence-electron chi connectivity index (χ0n) is 14.8. The molecule has 26 heavy (non-hydrogen) atoms. The van der Waals surface area contributed by atoms with Gasteiger partial charge in [-0.05, 0) is 31.4 Å². The largest absolute Gasteiger partial charge is 0.368 e. The molecule has 0 radical (unpaired) electrons. The summed E-state index contributed by atoms with van der Waals surface area (Å²) in [6, 6.07) is 12.1. The van der Waals surface area contributed by atoms with Crippen molar-refractivity contribution in [2.24, 2.45) is 5.92 Å². The summed E-state index contributed by atoms with van der Waals surface area (Å²) in [6.07, 6.45) is 3.29. The normalized spacial score (nSPS) is 15.3. The summed E-state index contributed by atoms with van der Waals surface area (Å²) < 4.78 is 1.71. The van der Waals surface area contributed by atoms with E-state index in [1.54, 1.807) is 10.8 Å². The number of hydrogen-bond acceptors (Lipinski definition) is 5. The summed E-state index contributed by atoms with van der Waals surface area (Å²) in [5, 5.41) is 15.6. The van der Waals surface area contributed by atoms with Crippen molar-refractivity contribution in [3.8, 4) is 0 Å². The summed E-state index contributed by atoms with van der Waals surface area (Å²) in [6.45, 7) is 4.21. The van der Waals surface area contributed by atoms with Gasteiger partial charge < -0.3 is 10.2 Å². The van der Waals surface area contributed by atoms with Crippen LogP contribution in [0.2, 0.25) is 0 Å². The third-order valence-corrected chi connectivity index (χ3v) is 4.89. The van der Waals surface area contributed by atoms with Crippen LogP contribution in [0.4, 0.5) is 5.69 Å². The molecule has 1 aliphatic heterocycles. The number of rotatable bonds is 4. The van der Waals surface area contributed by atoms with Crippen molar-refractivity contribution in [2.45, 2.75) is 26.3 Å². The van der Waals surface area contributed by atoms with Crippen LogP contribution in [0.25, 0.3) is 5.65 Å². The van der Waals surface area contributed by atoms with Crippen molar-refractivity contribution >= 4 is 17.2 Å². The van der Waals surface area contributed by atoms with Crippen LogP contribution < -0.4 is 10.2 Å². The van der Waals surface area contributed by atoms with Gasteiger partial charge in [0.2, 0.25) is 11.6 Å². The minimum absolute atomic E-state index is 0.0618. The Morgan fingerprint density at radius 2 is 2.00 bits per heavy atom. The number of hydrogen-bond donors (Lipinski definition) is 1. The van der Waals surface area contributed by atoms with Gasteiger partial charge in [-0.3, -0.25) is 4.79 Å². The van der Waals surface area contributed by atoms with E-state index in [2.05, 4.69) is 25.5 Å². The van der Waals surface area contributed by atoms with Gasteiger partial charge in [0.25, 0.3) is 0 Å². The van der Waals surface area contributed by atoms with Crippen molar-refractivity contribution < 1.29 is 4.79 Å². The Bertz CT molecular complexity index is 899. The average Bonchev–Trinajstić information content (AvgIpc) is 3.15. The number of anilines is 1. The van der Waals surface area contributed by atoms with Gasteiger partial charge in [-0.2, -0.15) is 9.61 Å². The molecule has 1 aromatic carbocycles. The molecule has 3 heterocycles. The highest BCUT2D eigenvalue weighted by atomic mass is 16.1. The molecule has 0 bridgehead atoms. The van der Waals surface area contributed by atoms with E-state index >= 15 is 0 Å². The number of amides is 1. The van der Waals surface area contributed by atoms with E-state index in [-0.39, 0.29) is 11.8 Å². The number of aryl methyl sites for hydroxylation is 1. The summed E-state index contributed by atoms with van der Waals surface area (Å²) in [5.41, 5.74) is 3.86. The maximum absolute atomic E-state index is 12.5. The molecule has 7 heteroatoms. The molecule has 0 unspecified atom stereocenters. The molecule has 4 rings (SSSR count). The van der Waals surface area contributed by atoms with Crippen molar-refractivity contribution in [2.75, 3.05) is 18.0 Å². The first-order chi connectivity index (χ1) is 12.7. The topological polar surface area (TPSA) is 75.4 Å². The first-order valence-electron chi connectivity index (χ1n) is 8.95. The second-order valence-electron chi connectivity index (χ2n) is 6.73. The number of piperidine rings is 1. The monoisotopic (exact) mass is 350 g/mol. The fourth-order valence-corrected chi connectivity index (χ4v) is 3.48. The molecule has 1 saturated heterocycles. The first kappa shape index (κ1) is 16.5. The van der Waals surface area contributed by atoms with E-state index in [0.717, 1.165) is 48.5 Å². The van der Waals surface area contributed by atoms with Gasteiger partial charge in [0.05, 0.1) is 11.4 Å². The van der Waals surface area contributed by atoms with Crippen LogP contribution in [0.1, 0.15) is 24.1 Å². The number of aromatic nitrogens is 4. The first-order valence-corrected chi connectivity index (χ1v) is 8.95. The number of benzene rings is 1. The maximum Gasteiger partial charge on any atom is 0.223 e. The van der Waals surface area contributed by atoms with Gasteiger partial charge in [0.15, 0.2) is 0 Å². The lowest BCUT2D eigenvalue weighted by molar-refractivity contribution is -0.125. The Hall–Kier alpha value is -2.96. The molecule has 2 aromatic heterocycles. The molecule has 134 valence electrons. The van der Waals surface area contributed by atoms with Crippen LogP contribution in [0.3, 0.4) is 0 Å². The number of nitrogens with zero attached hydrogens (tertiary/aromatic N) is 5. The summed E-state index contributed by atoms with van der Waals surface area (Å²) in [5.74, 6) is 0.207. The highest BCUT2D eigenvalue weighted by Gasteiger charge is 2.26. The fourth-order valence-electron chi connectivity index (χ4n) is 3.48. The van der Waals surface area contributed by atoms with Gasteiger partial charge in [-0.1, -0.05) is 30.3 Å². The van der Waals surface area contributed by atoms with Crippen LogP contribution in [-0.4, -0.2) is 38.8 Å². The molecular weight excluding hydrogens is 328 g/mol. The van der Waals surface area contributed by atoms with Crippen LogP contribution in [-0.2, 0) is 11.3 Å². The fraction of sp³-hybridized carbons (Fsp3) is 0.368. The number of carbonyl (C=O) groups excluding carboxylic acids is 1. The van der Waals surface area contributed by atoms with Crippen molar-refractivity contribution in [3.05, 3.63) is 54.0 Å². The van der Waals surface area contributed by atoms with Crippen molar-refractivity contribution in [1.29, 1.82) is 0 Å². The highest BCUT2D eigenvalue weighted by Crippen LogP contribution is 2.26. The lowest BCUT2D eigenvalue weighted by Crippen LogP contribution is -2.40. The van der Waals surface area contributed by atoms with E-state index in [4.69, 9.17) is 0 Å². The second kappa shape index (κ2) is 7.11. The van der Waals surface area contributed by atoms with Crippen LogP contribution in [0, 0.1) is 12.8 Å². The lowest BCUT2D eigenvalue weighted by Gasteiger charge is -2.33. The summed E-state index contributed by atoms with van der Waals surface area (Å²) in [7, 11) is 0. The molecule has 0 atom stereocenters. The number of carbonyl (C=O) groups is 1. The van der Waals surface area contributed by atoms with Crippen LogP contribution >= 0.6 is 0 Å². The van der Waals surface area contributed by atoms with Gasteiger partial charge in [0, 0.05) is 25.6 Å². The minimum Gasteiger partial charge on any atom is -0.368 e. The maximum atomic E-state index is 12.5. The molecule has 1 fully saturated rings. The third kappa shape index (κ3) is 3.37. The van der Waals surface area contributed by atoms with E-state index in [1.807, 2.05) is 43.3 Å². The molecular formula is C19H22N6O. The number of nitrogens with one attached hydrogen (secondary N) is 1. The predicted molar refractivity (Wildman–Crippen MR) is 98.7 cm³/mol. The molecule has 7 nitrogen and oxygen atoms in total. The van der Waals surface area contributed by atoms with Gasteiger partial charge >= 0.3 is 0 Å². The SMILES string of the molecule is Cc1cc(N2CCC(C(=O)NCc3ccccc3)CC2)c2nncn2n1. The second-order valence-corrected chi connectivity index (χ2v) is 6.73. The Morgan fingerprint density at radius 3 is 2.77 bits per heavy atom. The molecule has 1 amide bonds. The van der Waals surface area contributed by atoms with Crippen molar-refractivity contribution in [3.63, 3.8) is 0 Å². The number of fused-ring (bicyclic) bond motifs is 1. The van der Waals surface area contributed by atoms with Gasteiger partial charge in [0.1, 0.15) is 6.33 Å². The van der Waals surface area contributed by atoms with E-state index < -0.39 is 0 Å². The van der Waals surface area contributed by atoms with Gasteiger partial charge in [-0.15, -0.1) is 10.2 Å². The summed E-state index contributed by atoms with van der Waals surface area (Å²) >= 11 is 0. The zero-order chi connectivity index (χ0) is 17.9. The smallest absolute Gasteiger partial charge is 0.223 e. The Labute approximate surface area is 152 Å². The van der Waals surface area contributed by atoms with Crippen LogP contribution in [0.5, 0.6) is 0 Å². The van der Waals surface area contributed by atoms with Gasteiger partial charge in [-0.25, -0.2) is 0 Å². The van der Waals surface area contributed by atoms with E-state index in [0.29, 0.717) is 6.54 Å². The summed E-state index contributed by atoms with van der Waals surface area (Å²) in [4.78, 5) is 14.8. The molecule has 1 aliphatic rings. The molecule has 0 saturated carbocycles. The third-order valence-electron chi connectivity index (χ3n) is 4.89. The highest BCUT2D eigenvalue weighted by molar-refractivity contribution is 5.79. The quantitative estimate of drug-likeness (QED) is 0.778. The molecule has 3 aromatic rings. The Balaban J connectivity index is 1.37. The zero-order valence-corrected chi connectivity index (χ0v) is 14.8. The molecule has 1 N–H and O–H groups in total. The van der Waals surface area contributed by atoms with Crippen LogP contribution in [0.15, 0.2) is 42.7 Å². The minimum atomic E-state index is 0.0618. The molecule has 0 aliphatic carbocycles. The Kier molecular flexibility index (Phi) is 4.51. The van der Waals surface area contributed by atoms with E-state index in [1.165, 1.54) is 0 Å².